The summed E-state index contributed by atoms with van der Waals surface area (Å²) in [7, 11) is 0. The van der Waals surface area contributed by atoms with E-state index in [-0.39, 0.29) is 0 Å². The summed E-state index contributed by atoms with van der Waals surface area (Å²) in [4.78, 5) is 7.41. The van der Waals surface area contributed by atoms with Gasteiger partial charge in [0.05, 0.1) is 11.2 Å². The highest BCUT2D eigenvalue weighted by Gasteiger charge is 2.30. The summed E-state index contributed by atoms with van der Waals surface area (Å²) in [5.41, 5.74) is 2.11. The third-order valence-corrected chi connectivity index (χ3v) is 6.32. The number of aryl methyl sites for hydroxylation is 1. The lowest BCUT2D eigenvalue weighted by atomic mass is 9.85. The lowest BCUT2D eigenvalue weighted by Gasteiger charge is -2.33. The third kappa shape index (κ3) is 3.06. The lowest BCUT2D eigenvalue weighted by molar-refractivity contribution is 0.172. The average molecular weight is 365 g/mol. The number of hydrogen-bond donors (Lipinski definition) is 0. The Balaban J connectivity index is 1.35. The monoisotopic (exact) mass is 365 g/mol. The van der Waals surface area contributed by atoms with E-state index < -0.39 is 0 Å². The van der Waals surface area contributed by atoms with Gasteiger partial charge < -0.3 is 9.42 Å². The van der Waals surface area contributed by atoms with Crippen LogP contribution in [0.15, 0.2) is 28.8 Å². The number of aromatic nitrogens is 4. The molecule has 1 aliphatic heterocycles. The Morgan fingerprint density at radius 1 is 1.07 bits per heavy atom. The summed E-state index contributed by atoms with van der Waals surface area (Å²) in [6.45, 7) is 4.69. The number of fused-ring (bicyclic) bond motifs is 1. The van der Waals surface area contributed by atoms with Crippen LogP contribution in [0, 0.1) is 0 Å². The largest absolute Gasteiger partial charge is 0.337 e. The molecule has 6 nitrogen and oxygen atoms in total. The van der Waals surface area contributed by atoms with Gasteiger partial charge in [0.2, 0.25) is 5.89 Å². The van der Waals surface area contributed by atoms with E-state index in [0.29, 0.717) is 11.9 Å². The van der Waals surface area contributed by atoms with Crippen LogP contribution < -0.4 is 0 Å². The Hall–Kier alpha value is -2.21. The SMILES string of the molecule is CCc1nn(-c2noc([C@H]3CC[C@@H](N4CCCC4)CC3)n2)c2ccccc12. The van der Waals surface area contributed by atoms with E-state index in [9.17, 15) is 0 Å². The van der Waals surface area contributed by atoms with E-state index in [0.717, 1.165) is 47.8 Å². The minimum absolute atomic E-state index is 0.387. The first-order valence-corrected chi connectivity index (χ1v) is 10.4. The van der Waals surface area contributed by atoms with Gasteiger partial charge in [-0.05, 0) is 69.3 Å². The number of likely N-dealkylation sites (tertiary alicyclic amines) is 1. The zero-order valence-electron chi connectivity index (χ0n) is 16.0. The van der Waals surface area contributed by atoms with Crippen LogP contribution in [0.25, 0.3) is 16.9 Å². The van der Waals surface area contributed by atoms with Crippen molar-refractivity contribution >= 4 is 10.9 Å². The molecule has 3 heterocycles. The number of para-hydroxylation sites is 1. The van der Waals surface area contributed by atoms with Gasteiger partial charge in [-0.25, -0.2) is 0 Å². The van der Waals surface area contributed by atoms with Gasteiger partial charge in [-0.15, -0.1) is 0 Å². The molecule has 0 bridgehead atoms. The van der Waals surface area contributed by atoms with Gasteiger partial charge in [0.25, 0.3) is 5.95 Å². The highest BCUT2D eigenvalue weighted by molar-refractivity contribution is 5.83. The minimum atomic E-state index is 0.387. The van der Waals surface area contributed by atoms with E-state index >= 15 is 0 Å². The first kappa shape index (κ1) is 16.9. The molecule has 0 spiro atoms. The number of rotatable bonds is 4. The molecule has 0 N–H and O–H groups in total. The Labute approximate surface area is 159 Å². The van der Waals surface area contributed by atoms with Crippen molar-refractivity contribution in [2.75, 3.05) is 13.1 Å². The van der Waals surface area contributed by atoms with Crippen molar-refractivity contribution in [2.45, 2.75) is 63.8 Å². The van der Waals surface area contributed by atoms with E-state index in [1.165, 1.54) is 38.8 Å². The molecule has 1 aliphatic carbocycles. The number of benzene rings is 1. The van der Waals surface area contributed by atoms with Crippen molar-refractivity contribution in [1.82, 2.24) is 24.8 Å². The van der Waals surface area contributed by atoms with E-state index in [2.05, 4.69) is 29.1 Å². The Morgan fingerprint density at radius 2 is 1.85 bits per heavy atom. The zero-order chi connectivity index (χ0) is 18.2. The standard InChI is InChI=1S/C21H27N5O/c1-2-18-17-7-3-4-8-19(17)26(23-18)21-22-20(27-24-21)15-9-11-16(12-10-15)25-13-5-6-14-25/h3-4,7-8,15-16H,2,5-6,9-14H2,1H3/t15-,16+. The third-order valence-electron chi connectivity index (χ3n) is 6.32. The molecule has 2 aromatic heterocycles. The second-order valence-corrected chi connectivity index (χ2v) is 7.91. The maximum Gasteiger partial charge on any atom is 0.291 e. The molecule has 27 heavy (non-hydrogen) atoms. The summed E-state index contributed by atoms with van der Waals surface area (Å²) >= 11 is 0. The smallest absolute Gasteiger partial charge is 0.291 e. The summed E-state index contributed by atoms with van der Waals surface area (Å²) in [5, 5.41) is 10.2. The molecule has 3 aromatic rings. The van der Waals surface area contributed by atoms with E-state index in [4.69, 9.17) is 14.6 Å². The molecule has 0 radical (unpaired) electrons. The van der Waals surface area contributed by atoms with E-state index in [1.807, 2.05) is 16.8 Å². The molecular weight excluding hydrogens is 338 g/mol. The van der Waals surface area contributed by atoms with Crippen LogP contribution in [0.5, 0.6) is 0 Å². The summed E-state index contributed by atoms with van der Waals surface area (Å²) < 4.78 is 7.51. The molecule has 2 aliphatic rings. The van der Waals surface area contributed by atoms with Crippen molar-refractivity contribution < 1.29 is 4.52 Å². The molecule has 0 atom stereocenters. The molecule has 5 rings (SSSR count). The Bertz CT molecular complexity index is 916. The van der Waals surface area contributed by atoms with Crippen LogP contribution in [-0.4, -0.2) is 44.0 Å². The highest BCUT2D eigenvalue weighted by Crippen LogP contribution is 2.35. The Kier molecular flexibility index (Phi) is 4.44. The quantitative estimate of drug-likeness (QED) is 0.697. The predicted molar refractivity (Wildman–Crippen MR) is 104 cm³/mol. The van der Waals surface area contributed by atoms with Crippen molar-refractivity contribution in [3.8, 4) is 5.95 Å². The lowest BCUT2D eigenvalue weighted by Crippen LogP contribution is -2.35. The summed E-state index contributed by atoms with van der Waals surface area (Å²) in [5.74, 6) is 1.72. The van der Waals surface area contributed by atoms with Gasteiger partial charge in [0.1, 0.15) is 0 Å². The maximum absolute atomic E-state index is 5.68. The van der Waals surface area contributed by atoms with Crippen molar-refractivity contribution in [1.29, 1.82) is 0 Å². The van der Waals surface area contributed by atoms with E-state index in [1.54, 1.807) is 0 Å². The van der Waals surface area contributed by atoms with Gasteiger partial charge >= 0.3 is 0 Å². The predicted octanol–water partition coefficient (Wildman–Crippen LogP) is 4.09. The second kappa shape index (κ2) is 7.08. The fourth-order valence-electron chi connectivity index (χ4n) is 4.82. The Morgan fingerprint density at radius 3 is 2.63 bits per heavy atom. The van der Waals surface area contributed by atoms with Crippen LogP contribution in [0.2, 0.25) is 0 Å². The van der Waals surface area contributed by atoms with Crippen LogP contribution in [-0.2, 0) is 6.42 Å². The molecule has 2 fully saturated rings. The molecule has 142 valence electrons. The first-order valence-electron chi connectivity index (χ1n) is 10.4. The van der Waals surface area contributed by atoms with Gasteiger partial charge in [-0.3, -0.25) is 0 Å². The molecule has 0 amide bonds. The summed E-state index contributed by atoms with van der Waals surface area (Å²) in [6.07, 6.45) is 8.39. The zero-order valence-corrected chi connectivity index (χ0v) is 16.0. The topological polar surface area (TPSA) is 60.0 Å². The molecule has 6 heteroatoms. The van der Waals surface area contributed by atoms with Crippen LogP contribution >= 0.6 is 0 Å². The van der Waals surface area contributed by atoms with Crippen molar-refractivity contribution in [3.63, 3.8) is 0 Å². The maximum atomic E-state index is 5.68. The van der Waals surface area contributed by atoms with Crippen LogP contribution in [0.4, 0.5) is 0 Å². The van der Waals surface area contributed by atoms with Crippen LogP contribution in [0.3, 0.4) is 0 Å². The minimum Gasteiger partial charge on any atom is -0.337 e. The fraction of sp³-hybridized carbons (Fsp3) is 0.571. The average Bonchev–Trinajstić information content (AvgIpc) is 3.47. The number of nitrogens with zero attached hydrogens (tertiary/aromatic N) is 5. The van der Waals surface area contributed by atoms with Gasteiger partial charge in [0.15, 0.2) is 0 Å². The van der Waals surface area contributed by atoms with Crippen molar-refractivity contribution in [2.24, 2.45) is 0 Å². The highest BCUT2D eigenvalue weighted by atomic mass is 16.5. The fourth-order valence-corrected chi connectivity index (χ4v) is 4.82. The van der Waals surface area contributed by atoms with Gasteiger partial charge in [-0.2, -0.15) is 14.8 Å². The van der Waals surface area contributed by atoms with Crippen LogP contribution in [0.1, 0.15) is 63.0 Å². The molecular formula is C21H27N5O. The second-order valence-electron chi connectivity index (χ2n) is 7.91. The van der Waals surface area contributed by atoms with Gasteiger partial charge in [0, 0.05) is 17.3 Å². The van der Waals surface area contributed by atoms with Crippen molar-refractivity contribution in [3.05, 3.63) is 35.9 Å². The summed E-state index contributed by atoms with van der Waals surface area (Å²) in [6, 6.07) is 9.01. The molecule has 1 saturated carbocycles. The van der Waals surface area contributed by atoms with Gasteiger partial charge in [-0.1, -0.05) is 25.1 Å². The normalized spacial score (nSPS) is 24.0. The first-order chi connectivity index (χ1) is 13.3. The number of hydrogen-bond acceptors (Lipinski definition) is 5. The molecule has 1 saturated heterocycles. The molecule has 1 aromatic carbocycles. The molecule has 0 unspecified atom stereocenters.